The molecule has 3 amide bonds. The number of carbonyl (C=O) groups excluding carboxylic acids is 3. The second kappa shape index (κ2) is 8.35. The average molecular weight is 386 g/mol. The lowest BCUT2D eigenvalue weighted by molar-refractivity contribution is 0.0925. The van der Waals surface area contributed by atoms with Crippen LogP contribution in [0.2, 0.25) is 0 Å². The lowest BCUT2D eigenvalue weighted by atomic mass is 9.95. The van der Waals surface area contributed by atoms with Crippen LogP contribution >= 0.6 is 11.3 Å². The number of fused-ring (bicyclic) bond motifs is 1. The van der Waals surface area contributed by atoms with Crippen LogP contribution in [0.5, 0.6) is 0 Å². The van der Waals surface area contributed by atoms with Gasteiger partial charge in [-0.05, 0) is 57.2 Å². The number of alkyl carbamates (subject to hydrolysis) is 1. The molecule has 0 spiro atoms. The molecule has 0 aliphatic heterocycles. The Kier molecular flexibility index (Phi) is 5.91. The summed E-state index contributed by atoms with van der Waals surface area (Å²) in [6.07, 6.45) is 2.89. The molecule has 0 fully saturated rings. The molecule has 1 heterocycles. The topological polar surface area (TPSA) is 84.5 Å². The van der Waals surface area contributed by atoms with Crippen LogP contribution in [0.25, 0.3) is 0 Å². The highest BCUT2D eigenvalue weighted by atomic mass is 32.1. The van der Waals surface area contributed by atoms with Gasteiger partial charge in [0.05, 0.1) is 12.2 Å². The second-order valence-electron chi connectivity index (χ2n) is 6.41. The van der Waals surface area contributed by atoms with Crippen molar-refractivity contribution < 1.29 is 19.1 Å². The molecule has 27 heavy (non-hydrogen) atoms. The normalized spacial score (nSPS) is 12.8. The van der Waals surface area contributed by atoms with Crippen molar-refractivity contribution in [3.8, 4) is 0 Å². The van der Waals surface area contributed by atoms with Crippen molar-refractivity contribution in [1.82, 2.24) is 5.32 Å². The summed E-state index contributed by atoms with van der Waals surface area (Å²) in [5, 5.41) is 5.59. The van der Waals surface area contributed by atoms with E-state index in [2.05, 4.69) is 10.6 Å². The van der Waals surface area contributed by atoms with Crippen LogP contribution in [0.15, 0.2) is 24.3 Å². The van der Waals surface area contributed by atoms with Gasteiger partial charge in [-0.25, -0.2) is 4.79 Å². The number of hydrogen-bond acceptors (Lipinski definition) is 5. The number of benzene rings is 1. The molecule has 0 unspecified atom stereocenters. The molecular formula is C20H22N2O4S. The van der Waals surface area contributed by atoms with E-state index in [4.69, 9.17) is 4.74 Å². The standard InChI is InChI=1S/C20H22N2O4S/c1-3-26-20(25)22-18(24)16-14-6-4-5-7-15(14)27-19(16)21-17(23)13-10-8-12(2)9-11-13/h8-11H,3-7H2,1-2H3,(H,21,23)(H,22,24,25). The zero-order chi connectivity index (χ0) is 19.4. The van der Waals surface area contributed by atoms with E-state index >= 15 is 0 Å². The Morgan fingerprint density at radius 2 is 1.78 bits per heavy atom. The van der Waals surface area contributed by atoms with Gasteiger partial charge in [0, 0.05) is 10.4 Å². The van der Waals surface area contributed by atoms with E-state index in [0.717, 1.165) is 41.7 Å². The predicted molar refractivity (Wildman–Crippen MR) is 105 cm³/mol. The minimum Gasteiger partial charge on any atom is -0.450 e. The monoisotopic (exact) mass is 386 g/mol. The Morgan fingerprint density at radius 3 is 2.48 bits per heavy atom. The van der Waals surface area contributed by atoms with E-state index in [9.17, 15) is 14.4 Å². The maximum Gasteiger partial charge on any atom is 0.414 e. The number of anilines is 1. The van der Waals surface area contributed by atoms with Crippen molar-refractivity contribution >= 4 is 34.2 Å². The summed E-state index contributed by atoms with van der Waals surface area (Å²) in [6.45, 7) is 3.80. The van der Waals surface area contributed by atoms with Gasteiger partial charge < -0.3 is 10.1 Å². The number of ether oxygens (including phenoxy) is 1. The molecule has 142 valence electrons. The van der Waals surface area contributed by atoms with E-state index in [1.807, 2.05) is 19.1 Å². The molecule has 0 bridgehead atoms. The minimum atomic E-state index is -0.783. The minimum absolute atomic E-state index is 0.178. The number of amides is 3. The highest BCUT2D eigenvalue weighted by molar-refractivity contribution is 7.17. The molecule has 0 atom stereocenters. The van der Waals surface area contributed by atoms with E-state index in [-0.39, 0.29) is 12.5 Å². The number of hydrogen-bond donors (Lipinski definition) is 2. The Hall–Kier alpha value is -2.67. The van der Waals surface area contributed by atoms with Gasteiger partial charge in [0.15, 0.2) is 0 Å². The lowest BCUT2D eigenvalue weighted by Gasteiger charge is -2.13. The molecule has 1 aromatic carbocycles. The smallest absolute Gasteiger partial charge is 0.414 e. The first-order valence-corrected chi connectivity index (χ1v) is 9.82. The first-order chi connectivity index (χ1) is 13.0. The molecular weight excluding hydrogens is 364 g/mol. The summed E-state index contributed by atoms with van der Waals surface area (Å²) < 4.78 is 4.80. The number of nitrogens with one attached hydrogen (secondary N) is 2. The summed E-state index contributed by atoms with van der Waals surface area (Å²) in [5.41, 5.74) is 2.88. The van der Waals surface area contributed by atoms with Gasteiger partial charge in [0.2, 0.25) is 0 Å². The van der Waals surface area contributed by atoms with Crippen molar-refractivity contribution in [2.45, 2.75) is 39.5 Å². The molecule has 0 saturated carbocycles. The summed E-state index contributed by atoms with van der Waals surface area (Å²) in [7, 11) is 0. The highest BCUT2D eigenvalue weighted by Gasteiger charge is 2.27. The van der Waals surface area contributed by atoms with Gasteiger partial charge in [-0.15, -0.1) is 11.3 Å². The lowest BCUT2D eigenvalue weighted by Crippen LogP contribution is -2.32. The number of rotatable bonds is 4. The average Bonchev–Trinajstić information content (AvgIpc) is 3.00. The van der Waals surface area contributed by atoms with Crippen molar-refractivity contribution in [1.29, 1.82) is 0 Å². The predicted octanol–water partition coefficient (Wildman–Crippen LogP) is 4.07. The van der Waals surface area contributed by atoms with Crippen LogP contribution in [0.1, 0.15) is 56.5 Å². The molecule has 0 radical (unpaired) electrons. The third-order valence-electron chi connectivity index (χ3n) is 4.43. The molecule has 7 heteroatoms. The fourth-order valence-corrected chi connectivity index (χ4v) is 4.38. The van der Waals surface area contributed by atoms with E-state index in [1.165, 1.54) is 11.3 Å². The molecule has 0 saturated heterocycles. The van der Waals surface area contributed by atoms with Crippen molar-refractivity contribution in [3.63, 3.8) is 0 Å². The van der Waals surface area contributed by atoms with E-state index in [0.29, 0.717) is 16.1 Å². The zero-order valence-corrected chi connectivity index (χ0v) is 16.2. The third-order valence-corrected chi connectivity index (χ3v) is 5.64. The quantitative estimate of drug-likeness (QED) is 0.829. The fraction of sp³-hybridized carbons (Fsp3) is 0.350. The fourth-order valence-electron chi connectivity index (χ4n) is 3.10. The molecule has 3 rings (SSSR count). The second-order valence-corrected chi connectivity index (χ2v) is 7.51. The van der Waals surface area contributed by atoms with Crippen LogP contribution < -0.4 is 10.6 Å². The van der Waals surface area contributed by atoms with Gasteiger partial charge in [-0.1, -0.05) is 17.7 Å². The Balaban J connectivity index is 1.88. The maximum atomic E-state index is 12.7. The first-order valence-electron chi connectivity index (χ1n) is 9.00. The summed E-state index contributed by atoms with van der Waals surface area (Å²) in [5.74, 6) is -0.814. The first kappa shape index (κ1) is 19.1. The van der Waals surface area contributed by atoms with Crippen LogP contribution in [-0.2, 0) is 17.6 Å². The molecule has 1 aliphatic carbocycles. The molecule has 1 aliphatic rings. The zero-order valence-electron chi connectivity index (χ0n) is 15.4. The van der Waals surface area contributed by atoms with Crippen LogP contribution in [-0.4, -0.2) is 24.5 Å². The van der Waals surface area contributed by atoms with Crippen molar-refractivity contribution in [2.75, 3.05) is 11.9 Å². The Bertz CT molecular complexity index is 871. The molecule has 2 N–H and O–H groups in total. The van der Waals surface area contributed by atoms with E-state index in [1.54, 1.807) is 19.1 Å². The summed E-state index contributed by atoms with van der Waals surface area (Å²) >= 11 is 1.41. The summed E-state index contributed by atoms with van der Waals surface area (Å²) in [6, 6.07) is 7.22. The largest absolute Gasteiger partial charge is 0.450 e. The number of aryl methyl sites for hydroxylation is 2. The van der Waals surface area contributed by atoms with Gasteiger partial charge in [-0.2, -0.15) is 0 Å². The number of carbonyl (C=O) groups is 3. The Labute approximate surface area is 161 Å². The van der Waals surface area contributed by atoms with Gasteiger partial charge >= 0.3 is 6.09 Å². The Morgan fingerprint density at radius 1 is 1.07 bits per heavy atom. The summed E-state index contributed by atoms with van der Waals surface area (Å²) in [4.78, 5) is 38.1. The van der Waals surface area contributed by atoms with E-state index < -0.39 is 12.0 Å². The number of imide groups is 1. The molecule has 2 aromatic rings. The van der Waals surface area contributed by atoms with Gasteiger partial charge in [-0.3, -0.25) is 14.9 Å². The van der Waals surface area contributed by atoms with Crippen LogP contribution in [0.3, 0.4) is 0 Å². The highest BCUT2D eigenvalue weighted by Crippen LogP contribution is 2.38. The van der Waals surface area contributed by atoms with Crippen molar-refractivity contribution in [2.24, 2.45) is 0 Å². The van der Waals surface area contributed by atoms with Crippen molar-refractivity contribution in [3.05, 3.63) is 51.4 Å². The third kappa shape index (κ3) is 4.36. The van der Waals surface area contributed by atoms with Crippen LogP contribution in [0, 0.1) is 6.92 Å². The van der Waals surface area contributed by atoms with Gasteiger partial charge in [0.1, 0.15) is 5.00 Å². The van der Waals surface area contributed by atoms with Gasteiger partial charge in [0.25, 0.3) is 11.8 Å². The SMILES string of the molecule is CCOC(=O)NC(=O)c1c(NC(=O)c2ccc(C)cc2)sc2c1CCCC2. The number of thiophene rings is 1. The molecule has 1 aromatic heterocycles. The maximum absolute atomic E-state index is 12.7. The van der Waals surface area contributed by atoms with Crippen LogP contribution in [0.4, 0.5) is 9.80 Å². The molecule has 6 nitrogen and oxygen atoms in total.